The Hall–Kier alpha value is -3.55. The van der Waals surface area contributed by atoms with Crippen LogP contribution >= 0.6 is 22.7 Å². The summed E-state index contributed by atoms with van der Waals surface area (Å²) in [5.41, 5.74) is 2.67. The minimum Gasteiger partial charge on any atom is -0.300 e. The molecular weight excluding hydrogens is 581 g/mol. The number of nitrogens with one attached hydrogen (secondary N) is 2. The van der Waals surface area contributed by atoms with Crippen LogP contribution in [0.15, 0.2) is 53.4 Å². The number of sulfone groups is 1. The summed E-state index contributed by atoms with van der Waals surface area (Å²) in [6.45, 7) is 2.00. The van der Waals surface area contributed by atoms with Gasteiger partial charge in [-0.1, -0.05) is 71.1 Å². The summed E-state index contributed by atoms with van der Waals surface area (Å²) < 4.78 is 23.6. The highest BCUT2D eigenvalue weighted by molar-refractivity contribution is 7.90. The van der Waals surface area contributed by atoms with Gasteiger partial charge in [0.1, 0.15) is 10.0 Å². The standard InChI is InChI=1S/C28H30N6O4S3/c1-17-6-3-7-18(12-17)14-23(35)29-27-33-31-25(39-27)20-9-5-10-21(16-20)26-32-34-28(40-26)30-24(36)15-19-8-4-11-22(13-19)41(2,37)38/h3-4,6-8,11-13,20-21H,5,9-10,14-16H2,1-2H3,(H,29,33,35)(H,30,34,36)/t20-,21-/m0/s1. The van der Waals surface area contributed by atoms with Crippen LogP contribution in [-0.4, -0.2) is 46.9 Å². The van der Waals surface area contributed by atoms with Crippen molar-refractivity contribution in [1.29, 1.82) is 0 Å². The first kappa shape index (κ1) is 29.0. The van der Waals surface area contributed by atoms with Gasteiger partial charge in [0.2, 0.25) is 22.1 Å². The fourth-order valence-electron chi connectivity index (χ4n) is 4.94. The van der Waals surface area contributed by atoms with E-state index in [1.54, 1.807) is 12.1 Å². The van der Waals surface area contributed by atoms with Crippen LogP contribution in [0.3, 0.4) is 0 Å². The van der Waals surface area contributed by atoms with E-state index in [0.29, 0.717) is 15.8 Å². The zero-order valence-electron chi connectivity index (χ0n) is 22.7. The molecule has 2 aromatic carbocycles. The second kappa shape index (κ2) is 12.5. The molecule has 2 heterocycles. The van der Waals surface area contributed by atoms with E-state index in [1.807, 2.05) is 31.2 Å². The minimum absolute atomic E-state index is 0.0324. The number of anilines is 2. The van der Waals surface area contributed by atoms with E-state index in [0.717, 1.165) is 53.1 Å². The highest BCUT2D eigenvalue weighted by Gasteiger charge is 2.29. The fourth-order valence-corrected chi connectivity index (χ4v) is 7.45. The van der Waals surface area contributed by atoms with Crippen molar-refractivity contribution < 1.29 is 18.0 Å². The molecule has 2 atom stereocenters. The van der Waals surface area contributed by atoms with Gasteiger partial charge < -0.3 is 10.6 Å². The Morgan fingerprint density at radius 3 is 1.90 bits per heavy atom. The molecule has 0 bridgehead atoms. The predicted octanol–water partition coefficient (Wildman–Crippen LogP) is 4.91. The normalized spacial score (nSPS) is 17.2. The zero-order valence-corrected chi connectivity index (χ0v) is 25.1. The summed E-state index contributed by atoms with van der Waals surface area (Å²) >= 11 is 2.77. The van der Waals surface area contributed by atoms with Gasteiger partial charge in [0.25, 0.3) is 0 Å². The fraction of sp³-hybridized carbons (Fsp3) is 0.357. The Morgan fingerprint density at radius 1 is 0.829 bits per heavy atom. The highest BCUT2D eigenvalue weighted by atomic mass is 32.2. The van der Waals surface area contributed by atoms with Crippen LogP contribution in [0.2, 0.25) is 0 Å². The zero-order chi connectivity index (χ0) is 29.0. The molecule has 1 saturated carbocycles. The molecule has 0 saturated heterocycles. The van der Waals surface area contributed by atoms with Gasteiger partial charge in [-0.3, -0.25) is 9.59 Å². The molecule has 2 amide bonds. The first-order valence-corrected chi connectivity index (χ1v) is 16.8. The van der Waals surface area contributed by atoms with Gasteiger partial charge >= 0.3 is 0 Å². The van der Waals surface area contributed by atoms with Crippen LogP contribution in [0.5, 0.6) is 0 Å². The number of carbonyl (C=O) groups is 2. The van der Waals surface area contributed by atoms with Gasteiger partial charge in [0, 0.05) is 18.1 Å². The molecule has 4 aromatic rings. The number of aromatic nitrogens is 4. The Kier molecular flexibility index (Phi) is 8.85. The number of carbonyl (C=O) groups excluding carboxylic acids is 2. The topological polar surface area (TPSA) is 144 Å². The molecule has 1 aliphatic carbocycles. The average Bonchev–Trinajstić information content (AvgIpc) is 3.58. The summed E-state index contributed by atoms with van der Waals surface area (Å²) in [6, 6.07) is 14.2. The van der Waals surface area contributed by atoms with Gasteiger partial charge in [-0.2, -0.15) is 0 Å². The van der Waals surface area contributed by atoms with Crippen molar-refractivity contribution in [2.75, 3.05) is 16.9 Å². The summed E-state index contributed by atoms with van der Waals surface area (Å²) in [6.07, 6.45) is 5.25. The SMILES string of the molecule is Cc1cccc(CC(=O)Nc2nnc([C@H]3CCC[C@H](c4nnc(NC(=O)Cc5cccc(S(C)(=O)=O)c5)s4)C3)s2)c1. The van der Waals surface area contributed by atoms with Crippen molar-refractivity contribution in [3.8, 4) is 0 Å². The van der Waals surface area contributed by atoms with Gasteiger partial charge in [0.15, 0.2) is 9.84 Å². The molecule has 2 N–H and O–H groups in total. The molecule has 0 aliphatic heterocycles. The van der Waals surface area contributed by atoms with E-state index in [4.69, 9.17) is 0 Å². The number of nitrogens with zero attached hydrogens (tertiary/aromatic N) is 4. The van der Waals surface area contributed by atoms with Crippen LogP contribution in [0.1, 0.15) is 64.2 Å². The molecule has 1 aliphatic rings. The average molecular weight is 611 g/mol. The summed E-state index contributed by atoms with van der Waals surface area (Å²) in [7, 11) is -3.35. The Balaban J connectivity index is 1.15. The highest BCUT2D eigenvalue weighted by Crippen LogP contribution is 2.43. The molecule has 1 fully saturated rings. The first-order chi connectivity index (χ1) is 19.6. The number of benzene rings is 2. The van der Waals surface area contributed by atoms with E-state index < -0.39 is 9.84 Å². The van der Waals surface area contributed by atoms with Crippen LogP contribution < -0.4 is 10.6 Å². The van der Waals surface area contributed by atoms with Crippen molar-refractivity contribution >= 4 is 54.6 Å². The molecule has 0 spiro atoms. The number of rotatable bonds is 9. The van der Waals surface area contributed by atoms with Gasteiger partial charge in [-0.05, 0) is 49.4 Å². The van der Waals surface area contributed by atoms with E-state index in [-0.39, 0.29) is 41.4 Å². The number of amides is 2. The van der Waals surface area contributed by atoms with E-state index in [1.165, 1.54) is 34.8 Å². The van der Waals surface area contributed by atoms with Crippen molar-refractivity contribution in [1.82, 2.24) is 20.4 Å². The molecular formula is C28H30N6O4S3. The van der Waals surface area contributed by atoms with E-state index >= 15 is 0 Å². The number of aryl methyl sites for hydroxylation is 1. The van der Waals surface area contributed by atoms with Gasteiger partial charge in [-0.15, -0.1) is 20.4 Å². The lowest BCUT2D eigenvalue weighted by molar-refractivity contribution is -0.116. The smallest absolute Gasteiger partial charge is 0.230 e. The lowest BCUT2D eigenvalue weighted by atomic mass is 9.82. The maximum absolute atomic E-state index is 12.6. The molecule has 10 nitrogen and oxygen atoms in total. The van der Waals surface area contributed by atoms with Crippen LogP contribution in [0.4, 0.5) is 10.3 Å². The third-order valence-electron chi connectivity index (χ3n) is 6.89. The van der Waals surface area contributed by atoms with Crippen LogP contribution in [0, 0.1) is 6.92 Å². The lowest BCUT2D eigenvalue weighted by Gasteiger charge is -2.25. The maximum Gasteiger partial charge on any atom is 0.230 e. The van der Waals surface area contributed by atoms with Crippen molar-refractivity contribution in [2.45, 2.75) is 62.2 Å². The molecule has 5 rings (SSSR count). The second-order valence-electron chi connectivity index (χ2n) is 10.3. The second-order valence-corrected chi connectivity index (χ2v) is 14.3. The van der Waals surface area contributed by atoms with Crippen molar-refractivity contribution in [3.05, 3.63) is 75.2 Å². The maximum atomic E-state index is 12.6. The Morgan fingerprint density at radius 2 is 1.37 bits per heavy atom. The summed E-state index contributed by atoms with van der Waals surface area (Å²) in [5.74, 6) is -0.0126. The lowest BCUT2D eigenvalue weighted by Crippen LogP contribution is -2.14. The van der Waals surface area contributed by atoms with Gasteiger partial charge in [-0.25, -0.2) is 8.42 Å². The molecule has 2 aromatic heterocycles. The van der Waals surface area contributed by atoms with Crippen molar-refractivity contribution in [2.24, 2.45) is 0 Å². The molecule has 13 heteroatoms. The molecule has 0 unspecified atom stereocenters. The van der Waals surface area contributed by atoms with Crippen LogP contribution in [0.25, 0.3) is 0 Å². The predicted molar refractivity (Wildman–Crippen MR) is 159 cm³/mol. The van der Waals surface area contributed by atoms with Gasteiger partial charge in [0.05, 0.1) is 17.7 Å². The molecule has 214 valence electrons. The van der Waals surface area contributed by atoms with Crippen LogP contribution in [-0.2, 0) is 32.3 Å². The number of hydrogen-bond acceptors (Lipinski definition) is 10. The third kappa shape index (κ3) is 7.80. The van der Waals surface area contributed by atoms with Crippen molar-refractivity contribution in [3.63, 3.8) is 0 Å². The Bertz CT molecular complexity index is 1670. The molecule has 0 radical (unpaired) electrons. The largest absolute Gasteiger partial charge is 0.300 e. The quantitative estimate of drug-likeness (QED) is 0.272. The monoisotopic (exact) mass is 610 g/mol. The third-order valence-corrected chi connectivity index (χ3v) is 10.00. The molecule has 41 heavy (non-hydrogen) atoms. The van der Waals surface area contributed by atoms with E-state index in [2.05, 4.69) is 31.0 Å². The minimum atomic E-state index is -3.35. The Labute approximate surface area is 246 Å². The summed E-state index contributed by atoms with van der Waals surface area (Å²) in [4.78, 5) is 25.3. The first-order valence-electron chi connectivity index (χ1n) is 13.2. The number of hydrogen-bond donors (Lipinski definition) is 2. The van der Waals surface area contributed by atoms with E-state index in [9.17, 15) is 18.0 Å². The summed E-state index contributed by atoms with van der Waals surface area (Å²) in [5, 5.41) is 25.5.